The Morgan fingerprint density at radius 3 is 2.80 bits per heavy atom. The Morgan fingerprint density at radius 2 is 2.40 bits per heavy atom. The molecular weight excluding hydrogens is 140 g/mol. The van der Waals surface area contributed by atoms with Crippen molar-refractivity contribution in [1.82, 2.24) is 14.8 Å². The summed E-state index contributed by atoms with van der Waals surface area (Å²) >= 11 is 0. The highest BCUT2D eigenvalue weighted by Crippen LogP contribution is 2.14. The van der Waals surface area contributed by atoms with E-state index in [0.29, 0.717) is 6.54 Å². The Balaban J connectivity index is 2.90. The maximum atomic E-state index is 11.9. The summed E-state index contributed by atoms with van der Waals surface area (Å²) in [6.45, 7) is 2.17. The summed E-state index contributed by atoms with van der Waals surface area (Å²) in [5.74, 6) is -0.262. The molecule has 1 aromatic heterocycles. The molecule has 5 heteroatoms. The predicted octanol–water partition coefficient (Wildman–Crippen LogP) is 1.24. The van der Waals surface area contributed by atoms with Crippen LogP contribution in [0, 0.1) is 0 Å². The molecule has 0 fully saturated rings. The van der Waals surface area contributed by atoms with Crippen molar-refractivity contribution in [3.63, 3.8) is 0 Å². The lowest BCUT2D eigenvalue weighted by molar-refractivity contribution is 0.134. The zero-order chi connectivity index (χ0) is 7.56. The van der Waals surface area contributed by atoms with Crippen LogP contribution in [-0.4, -0.2) is 14.8 Å². The van der Waals surface area contributed by atoms with Crippen LogP contribution in [0.25, 0.3) is 0 Å². The van der Waals surface area contributed by atoms with Crippen molar-refractivity contribution < 1.29 is 8.78 Å². The number of halogens is 2. The van der Waals surface area contributed by atoms with E-state index in [2.05, 4.69) is 10.1 Å². The lowest BCUT2D eigenvalue weighted by Gasteiger charge is -1.98. The first kappa shape index (κ1) is 7.11. The van der Waals surface area contributed by atoms with Gasteiger partial charge in [-0.1, -0.05) is 0 Å². The normalized spacial score (nSPS) is 10.8. The van der Waals surface area contributed by atoms with Crippen molar-refractivity contribution in [3.05, 3.63) is 12.2 Å². The van der Waals surface area contributed by atoms with E-state index >= 15 is 0 Å². The van der Waals surface area contributed by atoms with E-state index in [4.69, 9.17) is 0 Å². The molecule has 1 heterocycles. The van der Waals surface area contributed by atoms with Crippen molar-refractivity contribution >= 4 is 0 Å². The van der Waals surface area contributed by atoms with Crippen LogP contribution in [0.3, 0.4) is 0 Å². The van der Waals surface area contributed by atoms with Gasteiger partial charge in [-0.3, -0.25) is 0 Å². The molecule has 0 bridgehead atoms. The second kappa shape index (κ2) is 2.72. The fourth-order valence-electron chi connectivity index (χ4n) is 0.686. The number of rotatable bonds is 2. The molecule has 1 aromatic rings. The number of alkyl halides is 2. The van der Waals surface area contributed by atoms with Gasteiger partial charge in [-0.05, 0) is 6.92 Å². The van der Waals surface area contributed by atoms with Crippen LogP contribution in [0.4, 0.5) is 8.78 Å². The first-order chi connectivity index (χ1) is 4.75. The SMILES string of the molecule is CCn1ncnc1C(F)F. The molecule has 0 spiro atoms. The van der Waals surface area contributed by atoms with Crippen molar-refractivity contribution in [2.45, 2.75) is 19.9 Å². The van der Waals surface area contributed by atoms with Gasteiger partial charge in [0.15, 0.2) is 5.82 Å². The molecule has 0 radical (unpaired) electrons. The maximum Gasteiger partial charge on any atom is 0.297 e. The number of hydrogen-bond donors (Lipinski definition) is 0. The summed E-state index contributed by atoms with van der Waals surface area (Å²) in [6, 6.07) is 0. The third-order valence-electron chi connectivity index (χ3n) is 1.14. The predicted molar refractivity (Wildman–Crippen MR) is 30.7 cm³/mol. The molecule has 0 saturated heterocycles. The minimum Gasteiger partial charge on any atom is -0.245 e. The average Bonchev–Trinajstić information content (AvgIpc) is 2.33. The van der Waals surface area contributed by atoms with Gasteiger partial charge >= 0.3 is 0 Å². The number of hydrogen-bond acceptors (Lipinski definition) is 2. The van der Waals surface area contributed by atoms with Gasteiger partial charge in [0.25, 0.3) is 6.43 Å². The van der Waals surface area contributed by atoms with E-state index in [1.165, 1.54) is 4.68 Å². The van der Waals surface area contributed by atoms with Gasteiger partial charge in [-0.25, -0.2) is 18.4 Å². The van der Waals surface area contributed by atoms with Crippen molar-refractivity contribution in [1.29, 1.82) is 0 Å². The minimum atomic E-state index is -2.53. The average molecular weight is 147 g/mol. The van der Waals surface area contributed by atoms with Crippen LogP contribution in [0.2, 0.25) is 0 Å². The van der Waals surface area contributed by atoms with Crippen LogP contribution in [0.15, 0.2) is 6.33 Å². The number of aromatic nitrogens is 3. The maximum absolute atomic E-state index is 11.9. The molecule has 0 aliphatic heterocycles. The highest BCUT2D eigenvalue weighted by Gasteiger charge is 2.13. The molecule has 0 unspecified atom stereocenters. The van der Waals surface area contributed by atoms with Gasteiger partial charge in [0.05, 0.1) is 0 Å². The van der Waals surface area contributed by atoms with Gasteiger partial charge in [-0.2, -0.15) is 5.10 Å². The standard InChI is InChI=1S/C5H7F2N3/c1-2-10-5(4(6)7)8-3-9-10/h3-4H,2H2,1H3. The van der Waals surface area contributed by atoms with Crippen LogP contribution in [0.5, 0.6) is 0 Å². The van der Waals surface area contributed by atoms with Crippen molar-refractivity contribution in [3.8, 4) is 0 Å². The molecule has 0 N–H and O–H groups in total. The van der Waals surface area contributed by atoms with Gasteiger partial charge < -0.3 is 0 Å². The molecular formula is C5H7F2N3. The Bertz CT molecular complexity index is 208. The summed E-state index contributed by atoms with van der Waals surface area (Å²) < 4.78 is 25.0. The second-order valence-electron chi connectivity index (χ2n) is 1.73. The zero-order valence-electron chi connectivity index (χ0n) is 5.46. The van der Waals surface area contributed by atoms with Crippen LogP contribution in [-0.2, 0) is 6.54 Å². The van der Waals surface area contributed by atoms with Gasteiger partial charge in [0, 0.05) is 6.54 Å². The lowest BCUT2D eigenvalue weighted by atomic mass is 10.6. The molecule has 10 heavy (non-hydrogen) atoms. The molecule has 0 saturated carbocycles. The summed E-state index contributed by atoms with van der Waals surface area (Å²) in [6.07, 6.45) is -1.40. The van der Waals surface area contributed by atoms with E-state index in [-0.39, 0.29) is 5.82 Å². The summed E-state index contributed by atoms with van der Waals surface area (Å²) in [5.41, 5.74) is 0. The lowest BCUT2D eigenvalue weighted by Crippen LogP contribution is -2.03. The second-order valence-corrected chi connectivity index (χ2v) is 1.73. The monoisotopic (exact) mass is 147 g/mol. The molecule has 0 atom stereocenters. The third-order valence-corrected chi connectivity index (χ3v) is 1.14. The molecule has 0 aromatic carbocycles. The molecule has 0 aliphatic rings. The topological polar surface area (TPSA) is 30.7 Å². The van der Waals surface area contributed by atoms with Gasteiger partial charge in [0.1, 0.15) is 6.33 Å². The first-order valence-electron chi connectivity index (χ1n) is 2.91. The molecule has 0 amide bonds. The molecule has 0 aliphatic carbocycles. The Kier molecular flexibility index (Phi) is 1.94. The summed E-state index contributed by atoms with van der Waals surface area (Å²) in [5, 5.41) is 3.58. The number of nitrogens with zero attached hydrogens (tertiary/aromatic N) is 3. The largest absolute Gasteiger partial charge is 0.297 e. The van der Waals surface area contributed by atoms with Gasteiger partial charge in [-0.15, -0.1) is 0 Å². The molecule has 1 rings (SSSR count). The Labute approximate surface area is 56.7 Å². The molecule has 56 valence electrons. The van der Waals surface area contributed by atoms with Crippen LogP contribution < -0.4 is 0 Å². The number of aryl methyl sites for hydroxylation is 1. The van der Waals surface area contributed by atoms with E-state index in [1.807, 2.05) is 0 Å². The highest BCUT2D eigenvalue weighted by molar-refractivity contribution is 4.84. The van der Waals surface area contributed by atoms with Crippen LogP contribution in [0.1, 0.15) is 19.2 Å². The fraction of sp³-hybridized carbons (Fsp3) is 0.600. The quantitative estimate of drug-likeness (QED) is 0.630. The van der Waals surface area contributed by atoms with Crippen molar-refractivity contribution in [2.75, 3.05) is 0 Å². The van der Waals surface area contributed by atoms with E-state index in [0.717, 1.165) is 6.33 Å². The highest BCUT2D eigenvalue weighted by atomic mass is 19.3. The Hall–Kier alpha value is -1.00. The first-order valence-corrected chi connectivity index (χ1v) is 2.91. The summed E-state index contributed by atoms with van der Waals surface area (Å²) in [7, 11) is 0. The van der Waals surface area contributed by atoms with E-state index in [1.54, 1.807) is 6.92 Å². The van der Waals surface area contributed by atoms with E-state index < -0.39 is 6.43 Å². The summed E-state index contributed by atoms with van der Waals surface area (Å²) in [4.78, 5) is 3.39. The Morgan fingerprint density at radius 1 is 1.70 bits per heavy atom. The molecule has 3 nitrogen and oxygen atoms in total. The smallest absolute Gasteiger partial charge is 0.245 e. The van der Waals surface area contributed by atoms with Crippen LogP contribution >= 0.6 is 0 Å². The van der Waals surface area contributed by atoms with E-state index in [9.17, 15) is 8.78 Å². The fourth-order valence-corrected chi connectivity index (χ4v) is 0.686. The van der Waals surface area contributed by atoms with Crippen molar-refractivity contribution in [2.24, 2.45) is 0 Å². The third kappa shape index (κ3) is 1.12. The zero-order valence-corrected chi connectivity index (χ0v) is 5.46. The minimum absolute atomic E-state index is 0.262. The van der Waals surface area contributed by atoms with Gasteiger partial charge in [0.2, 0.25) is 0 Å².